The second-order valence-corrected chi connectivity index (χ2v) is 7.69. The van der Waals surface area contributed by atoms with Crippen LogP contribution in [0.4, 0.5) is 5.00 Å². The molecule has 1 aromatic carbocycles. The average molecular weight is 478 g/mol. The lowest BCUT2D eigenvalue weighted by atomic mass is 10.2. The third-order valence-electron chi connectivity index (χ3n) is 4.13. The van der Waals surface area contributed by atoms with E-state index in [2.05, 4.69) is 23.2 Å². The number of hydrogen-bond donors (Lipinski definition) is 2. The van der Waals surface area contributed by atoms with Gasteiger partial charge in [-0.05, 0) is 57.0 Å². The summed E-state index contributed by atoms with van der Waals surface area (Å²) < 4.78 is 10.6. The average Bonchev–Trinajstić information content (AvgIpc) is 3.26. The number of aryl methyl sites for hydroxylation is 1. The highest BCUT2D eigenvalue weighted by atomic mass is 35.5. The molecule has 2 aromatic rings. The van der Waals surface area contributed by atoms with Crippen LogP contribution in [0.25, 0.3) is 0 Å². The van der Waals surface area contributed by atoms with Crippen molar-refractivity contribution in [2.24, 2.45) is 5.73 Å². The Morgan fingerprint density at radius 1 is 1.19 bits per heavy atom. The third kappa shape index (κ3) is 10.2. The molecule has 0 aliphatic rings. The first-order chi connectivity index (χ1) is 15.6. The Morgan fingerprint density at radius 2 is 1.88 bits per heavy atom. The SMILES string of the molecule is C/C=C\C/C=C(/Cl)CCc1cc(C#N)c(NCc2ccc(OC)c(OC)c2)s1.CC.CN. The van der Waals surface area contributed by atoms with Crippen LogP contribution in [0.5, 0.6) is 11.5 Å². The quantitative estimate of drug-likeness (QED) is 0.365. The lowest BCUT2D eigenvalue weighted by Crippen LogP contribution is -2.00. The first kappa shape index (κ1) is 29.5. The molecule has 7 heteroatoms. The van der Waals surface area contributed by atoms with E-state index in [4.69, 9.17) is 21.1 Å². The summed E-state index contributed by atoms with van der Waals surface area (Å²) in [6.45, 7) is 6.59. The van der Waals surface area contributed by atoms with Crippen molar-refractivity contribution in [1.29, 1.82) is 5.26 Å². The zero-order chi connectivity index (χ0) is 24.4. The van der Waals surface area contributed by atoms with Crippen LogP contribution in [0.2, 0.25) is 0 Å². The van der Waals surface area contributed by atoms with Gasteiger partial charge in [-0.1, -0.05) is 49.7 Å². The molecule has 0 aliphatic carbocycles. The number of ether oxygens (including phenoxy) is 2. The molecule has 0 radical (unpaired) electrons. The number of nitrogens with two attached hydrogens (primary N) is 1. The van der Waals surface area contributed by atoms with Crippen molar-refractivity contribution in [3.8, 4) is 17.6 Å². The predicted octanol–water partition coefficient (Wildman–Crippen LogP) is 6.87. The molecule has 0 aliphatic heterocycles. The molecule has 32 heavy (non-hydrogen) atoms. The number of nitrogens with zero attached hydrogens (tertiary/aromatic N) is 1. The summed E-state index contributed by atoms with van der Waals surface area (Å²) in [5.41, 5.74) is 6.21. The Kier molecular flexibility index (Phi) is 16.7. The number of nitrogens with one attached hydrogen (secondary N) is 1. The lowest BCUT2D eigenvalue weighted by Gasteiger charge is -2.10. The molecule has 1 aromatic heterocycles. The van der Waals surface area contributed by atoms with Gasteiger partial charge < -0.3 is 20.5 Å². The van der Waals surface area contributed by atoms with Crippen LogP contribution in [-0.4, -0.2) is 21.3 Å². The molecule has 0 saturated carbocycles. The summed E-state index contributed by atoms with van der Waals surface area (Å²) in [7, 11) is 4.73. The third-order valence-corrected chi connectivity index (χ3v) is 5.62. The molecule has 0 unspecified atom stereocenters. The molecule has 5 nitrogen and oxygen atoms in total. The number of benzene rings is 1. The van der Waals surface area contributed by atoms with Crippen LogP contribution in [0.3, 0.4) is 0 Å². The normalized spacial score (nSPS) is 10.4. The maximum atomic E-state index is 9.44. The topological polar surface area (TPSA) is 80.3 Å². The first-order valence-corrected chi connectivity index (χ1v) is 11.8. The highest BCUT2D eigenvalue weighted by Crippen LogP contribution is 2.31. The second kappa shape index (κ2) is 18.1. The van der Waals surface area contributed by atoms with Crippen molar-refractivity contribution in [3.05, 3.63) is 63.5 Å². The first-order valence-electron chi connectivity index (χ1n) is 10.6. The largest absolute Gasteiger partial charge is 0.493 e. The van der Waals surface area contributed by atoms with Crippen LogP contribution < -0.4 is 20.5 Å². The Labute approximate surface area is 202 Å². The standard InChI is InChI=1S/C22H25ClN2O2S.C2H6.CH5N/c1-4-5-6-7-18(23)9-10-19-13-17(14-24)22(28-19)25-15-16-8-11-20(26-2)21(12-16)27-3;2*1-2/h4-5,7-8,11-13,25H,6,9-10,15H2,1-3H3;1-2H3;2H2,1H3/b5-4-,18-7+;;. The second-order valence-electron chi connectivity index (χ2n) is 6.07. The number of rotatable bonds is 10. The fraction of sp³-hybridized carbons (Fsp3) is 0.400. The summed E-state index contributed by atoms with van der Waals surface area (Å²) in [6, 6.07) is 10.00. The predicted molar refractivity (Wildman–Crippen MR) is 139 cm³/mol. The number of halogens is 1. The van der Waals surface area contributed by atoms with E-state index in [-0.39, 0.29) is 0 Å². The minimum absolute atomic E-state index is 0.596. The van der Waals surface area contributed by atoms with Crippen molar-refractivity contribution < 1.29 is 9.47 Å². The number of thiophene rings is 1. The van der Waals surface area contributed by atoms with Crippen LogP contribution in [0.1, 0.15) is 49.6 Å². The van der Waals surface area contributed by atoms with Crippen LogP contribution >= 0.6 is 22.9 Å². The van der Waals surface area contributed by atoms with Gasteiger partial charge in [-0.2, -0.15) is 5.26 Å². The van der Waals surface area contributed by atoms with E-state index in [0.29, 0.717) is 23.6 Å². The van der Waals surface area contributed by atoms with Crippen molar-refractivity contribution in [2.45, 2.75) is 46.6 Å². The Hall–Kier alpha value is -2.46. The monoisotopic (exact) mass is 477 g/mol. The highest BCUT2D eigenvalue weighted by Gasteiger charge is 2.10. The fourth-order valence-corrected chi connectivity index (χ4v) is 3.81. The molecule has 1 heterocycles. The summed E-state index contributed by atoms with van der Waals surface area (Å²) in [4.78, 5) is 1.14. The Morgan fingerprint density at radius 3 is 2.47 bits per heavy atom. The lowest BCUT2D eigenvalue weighted by molar-refractivity contribution is 0.354. The summed E-state index contributed by atoms with van der Waals surface area (Å²) in [5, 5.41) is 14.5. The number of allylic oxidation sites excluding steroid dienone is 4. The Balaban J connectivity index is 0.00000227. The molecule has 176 valence electrons. The molecule has 0 atom stereocenters. The van der Waals surface area contributed by atoms with Gasteiger partial charge in [-0.25, -0.2) is 0 Å². The van der Waals surface area contributed by atoms with E-state index in [1.807, 2.05) is 57.2 Å². The number of methoxy groups -OCH3 is 2. The molecular formula is C25H36ClN3O2S. The van der Waals surface area contributed by atoms with Gasteiger partial charge in [0.2, 0.25) is 0 Å². The zero-order valence-electron chi connectivity index (χ0n) is 20.0. The van der Waals surface area contributed by atoms with E-state index >= 15 is 0 Å². The number of hydrogen-bond acceptors (Lipinski definition) is 6. The highest BCUT2D eigenvalue weighted by molar-refractivity contribution is 7.16. The summed E-state index contributed by atoms with van der Waals surface area (Å²) in [6.07, 6.45) is 8.55. The maximum Gasteiger partial charge on any atom is 0.161 e. The van der Waals surface area contributed by atoms with Gasteiger partial charge >= 0.3 is 0 Å². The minimum Gasteiger partial charge on any atom is -0.493 e. The molecular weight excluding hydrogens is 442 g/mol. The van der Waals surface area contributed by atoms with Gasteiger partial charge in [0.05, 0.1) is 19.8 Å². The van der Waals surface area contributed by atoms with Gasteiger partial charge in [0.25, 0.3) is 0 Å². The summed E-state index contributed by atoms with van der Waals surface area (Å²) >= 11 is 7.87. The smallest absolute Gasteiger partial charge is 0.161 e. The van der Waals surface area contributed by atoms with Crippen LogP contribution in [-0.2, 0) is 13.0 Å². The zero-order valence-corrected chi connectivity index (χ0v) is 21.6. The molecule has 0 spiro atoms. The van der Waals surface area contributed by atoms with Crippen molar-refractivity contribution in [2.75, 3.05) is 26.6 Å². The van der Waals surface area contributed by atoms with Gasteiger partial charge in [0.1, 0.15) is 11.1 Å². The maximum absolute atomic E-state index is 9.44. The fourth-order valence-electron chi connectivity index (χ4n) is 2.63. The molecule has 0 saturated heterocycles. The molecule has 3 N–H and O–H groups in total. The van der Waals surface area contributed by atoms with Crippen molar-refractivity contribution >= 4 is 27.9 Å². The Bertz CT molecular complexity index is 886. The van der Waals surface area contributed by atoms with Gasteiger partial charge in [0.15, 0.2) is 11.5 Å². The van der Waals surface area contributed by atoms with Crippen LogP contribution in [0.15, 0.2) is 47.5 Å². The van der Waals surface area contributed by atoms with Gasteiger partial charge in [-0.15, -0.1) is 11.3 Å². The van der Waals surface area contributed by atoms with Crippen molar-refractivity contribution in [1.82, 2.24) is 0 Å². The van der Waals surface area contributed by atoms with Crippen molar-refractivity contribution in [3.63, 3.8) is 0 Å². The molecule has 0 fully saturated rings. The molecule has 0 bridgehead atoms. The van der Waals surface area contributed by atoms with E-state index < -0.39 is 0 Å². The van der Waals surface area contributed by atoms with E-state index in [1.165, 1.54) is 7.05 Å². The summed E-state index contributed by atoms with van der Waals surface area (Å²) in [5.74, 6) is 1.38. The number of anilines is 1. The van der Waals surface area contributed by atoms with Crippen LogP contribution in [0, 0.1) is 11.3 Å². The van der Waals surface area contributed by atoms with E-state index in [1.54, 1.807) is 25.6 Å². The van der Waals surface area contributed by atoms with E-state index in [0.717, 1.165) is 39.7 Å². The van der Waals surface area contributed by atoms with Gasteiger partial charge in [-0.3, -0.25) is 0 Å². The van der Waals surface area contributed by atoms with Gasteiger partial charge in [0, 0.05) is 16.5 Å². The number of nitriles is 1. The minimum atomic E-state index is 0.596. The molecule has 2 rings (SSSR count). The molecule has 0 amide bonds. The van der Waals surface area contributed by atoms with E-state index in [9.17, 15) is 5.26 Å².